The molecule has 0 aliphatic carbocycles. The Kier molecular flexibility index (Phi) is 7.53. The third-order valence-electron chi connectivity index (χ3n) is 6.43. The third-order valence-corrected chi connectivity index (χ3v) is 6.43. The summed E-state index contributed by atoms with van der Waals surface area (Å²) in [5, 5.41) is 0. The number of nitrogens with zero attached hydrogens (tertiary/aromatic N) is 4. The number of nitrogens with one attached hydrogen (secondary N) is 2. The molecule has 0 bridgehead atoms. The number of pyridine rings is 1. The molecular weight excluding hydrogens is 471 g/mol. The maximum Gasteiger partial charge on any atom is 0.421 e. The first kappa shape index (κ1) is 25.2. The molecule has 1 aromatic heterocycles. The van der Waals surface area contributed by atoms with E-state index < -0.39 is 24.2 Å². The number of hydrogen-bond acceptors (Lipinski definition) is 8. The first-order chi connectivity index (χ1) is 17.3. The minimum absolute atomic E-state index is 0.120. The van der Waals surface area contributed by atoms with Gasteiger partial charge in [-0.25, -0.2) is 24.4 Å². The van der Waals surface area contributed by atoms with Crippen molar-refractivity contribution in [1.82, 2.24) is 20.7 Å². The molecule has 1 aromatic carbocycles. The van der Waals surface area contributed by atoms with Crippen molar-refractivity contribution in [2.45, 2.75) is 32.0 Å². The van der Waals surface area contributed by atoms with Gasteiger partial charge in [0.15, 0.2) is 6.23 Å². The number of likely N-dealkylation sites (N-methyl/N-ethyl adjacent to an activating group) is 1. The molecule has 2 aliphatic heterocycles. The first-order valence-corrected chi connectivity index (χ1v) is 11.6. The third kappa shape index (κ3) is 5.48. The molecule has 2 saturated heterocycles. The molecule has 2 aliphatic rings. The predicted molar refractivity (Wildman–Crippen MR) is 130 cm³/mol. The smallest absolute Gasteiger partial charge is 0.421 e. The van der Waals surface area contributed by atoms with Crippen LogP contribution in [-0.4, -0.2) is 74.0 Å². The zero-order valence-electron chi connectivity index (χ0n) is 20.4. The summed E-state index contributed by atoms with van der Waals surface area (Å²) in [7, 11) is 2.86. The van der Waals surface area contributed by atoms with E-state index in [4.69, 9.17) is 4.74 Å². The van der Waals surface area contributed by atoms with E-state index in [1.54, 1.807) is 25.4 Å². The maximum absolute atomic E-state index is 15.0. The fourth-order valence-electron chi connectivity index (χ4n) is 4.17. The van der Waals surface area contributed by atoms with Gasteiger partial charge in [0.25, 0.3) is 0 Å². The van der Waals surface area contributed by atoms with Crippen molar-refractivity contribution < 1.29 is 28.2 Å². The van der Waals surface area contributed by atoms with Crippen molar-refractivity contribution in [3.63, 3.8) is 0 Å². The highest BCUT2D eigenvalue weighted by Gasteiger charge is 2.36. The van der Waals surface area contributed by atoms with Crippen LogP contribution in [0.1, 0.15) is 19.8 Å². The van der Waals surface area contributed by atoms with Gasteiger partial charge in [0.2, 0.25) is 5.91 Å². The average molecular weight is 501 g/mol. The second-order valence-corrected chi connectivity index (χ2v) is 8.67. The molecule has 3 heterocycles. The number of anilines is 2. The average Bonchev–Trinajstić information content (AvgIpc) is 3.28. The lowest BCUT2D eigenvalue weighted by atomic mass is 10.0. The topological polar surface area (TPSA) is 116 Å². The molecule has 2 fully saturated rings. The number of benzene rings is 1. The van der Waals surface area contributed by atoms with Crippen LogP contribution in [0, 0.1) is 5.82 Å². The summed E-state index contributed by atoms with van der Waals surface area (Å²) >= 11 is 0. The monoisotopic (exact) mass is 500 g/mol. The number of hydrogen-bond donors (Lipinski definition) is 2. The Morgan fingerprint density at radius 2 is 1.97 bits per heavy atom. The van der Waals surface area contributed by atoms with E-state index in [0.717, 1.165) is 31.7 Å². The van der Waals surface area contributed by atoms with Crippen molar-refractivity contribution in [3.8, 4) is 11.1 Å². The first-order valence-electron chi connectivity index (χ1n) is 11.6. The van der Waals surface area contributed by atoms with Gasteiger partial charge in [-0.2, -0.15) is 0 Å². The number of ether oxygens (including phenoxy) is 2. The molecule has 192 valence electrons. The van der Waals surface area contributed by atoms with Gasteiger partial charge < -0.3 is 19.3 Å². The molecule has 0 spiro atoms. The molecule has 2 N–H and O–H groups in total. The molecule has 11 nitrogen and oxygen atoms in total. The van der Waals surface area contributed by atoms with Crippen LogP contribution in [-0.2, 0) is 14.3 Å². The normalized spacial score (nSPS) is 18.1. The zero-order valence-corrected chi connectivity index (χ0v) is 20.4. The van der Waals surface area contributed by atoms with Gasteiger partial charge in [0.05, 0.1) is 19.3 Å². The second kappa shape index (κ2) is 10.8. The number of piperidine rings is 1. The quantitative estimate of drug-likeness (QED) is 0.582. The van der Waals surface area contributed by atoms with Crippen LogP contribution in [0.25, 0.3) is 11.1 Å². The molecule has 4 rings (SSSR count). The van der Waals surface area contributed by atoms with Gasteiger partial charge in [-0.3, -0.25) is 15.1 Å². The lowest BCUT2D eigenvalue weighted by Crippen LogP contribution is -2.49. The molecule has 36 heavy (non-hydrogen) atoms. The van der Waals surface area contributed by atoms with Gasteiger partial charge in [-0.05, 0) is 43.2 Å². The lowest BCUT2D eigenvalue weighted by molar-refractivity contribution is -0.134. The minimum atomic E-state index is -0.723. The lowest BCUT2D eigenvalue weighted by Gasteiger charge is -2.33. The fraction of sp³-hybridized carbons (Fsp3) is 0.417. The molecular formula is C24H29FN6O5. The summed E-state index contributed by atoms with van der Waals surface area (Å²) in [5.41, 5.74) is 6.78. The highest BCUT2D eigenvalue weighted by Crippen LogP contribution is 2.30. The minimum Gasteiger partial charge on any atom is -0.452 e. The van der Waals surface area contributed by atoms with Gasteiger partial charge in [0.1, 0.15) is 11.6 Å². The largest absolute Gasteiger partial charge is 0.452 e. The number of halogens is 1. The Hall–Kier alpha value is -3.93. The number of carbonyl (C=O) groups is 3. The van der Waals surface area contributed by atoms with Crippen molar-refractivity contribution in [2.24, 2.45) is 0 Å². The number of hydrazine groups is 1. The van der Waals surface area contributed by atoms with E-state index in [0.29, 0.717) is 16.8 Å². The summed E-state index contributed by atoms with van der Waals surface area (Å²) in [4.78, 5) is 44.3. The SMILES string of the molecule is COC(=O)NNC1CCN(c2ccc(-c3ccc(N4C[C@@H](N(C)C(C)=O)OC4=O)cc3F)cn2)CC1. The standard InChI is InChI=1S/C24H29FN6O5/c1-15(32)29(2)22-14-31(24(34)36-22)18-5-6-19(20(25)12-18)16-4-7-21(26-13-16)30-10-8-17(9-11-30)27-28-23(33)35-3/h4-7,12-13,17,22,27H,8-11,14H2,1-3H3,(H,28,33)/t22-/m0/s1. The van der Waals surface area contributed by atoms with E-state index in [1.807, 2.05) is 12.1 Å². The van der Waals surface area contributed by atoms with Gasteiger partial charge in [-0.15, -0.1) is 0 Å². The molecule has 0 unspecified atom stereocenters. The Morgan fingerprint density at radius 3 is 2.58 bits per heavy atom. The summed E-state index contributed by atoms with van der Waals surface area (Å²) in [6.07, 6.45) is 1.36. The zero-order chi connectivity index (χ0) is 25.8. The van der Waals surface area contributed by atoms with Crippen LogP contribution in [0.5, 0.6) is 0 Å². The highest BCUT2D eigenvalue weighted by atomic mass is 19.1. The fourth-order valence-corrected chi connectivity index (χ4v) is 4.17. The van der Waals surface area contributed by atoms with Crippen molar-refractivity contribution in [2.75, 3.05) is 43.6 Å². The van der Waals surface area contributed by atoms with E-state index in [2.05, 4.69) is 25.5 Å². The van der Waals surface area contributed by atoms with E-state index in [9.17, 15) is 14.4 Å². The molecule has 12 heteroatoms. The molecule has 1 atom stereocenters. The van der Waals surface area contributed by atoms with Crippen LogP contribution >= 0.6 is 0 Å². The van der Waals surface area contributed by atoms with E-state index in [-0.39, 0.29) is 18.5 Å². The maximum atomic E-state index is 15.0. The number of methoxy groups -OCH3 is 1. The number of amides is 3. The van der Waals surface area contributed by atoms with E-state index >= 15 is 4.39 Å². The summed E-state index contributed by atoms with van der Waals surface area (Å²) in [6.45, 7) is 3.01. The van der Waals surface area contributed by atoms with Crippen LogP contribution < -0.4 is 20.7 Å². The molecule has 0 radical (unpaired) electrons. The number of rotatable bonds is 6. The molecule has 2 aromatic rings. The van der Waals surface area contributed by atoms with Crippen LogP contribution in [0.4, 0.5) is 25.5 Å². The van der Waals surface area contributed by atoms with Gasteiger partial charge in [0, 0.05) is 50.4 Å². The Labute approximate surface area is 208 Å². The van der Waals surface area contributed by atoms with Crippen LogP contribution in [0.2, 0.25) is 0 Å². The van der Waals surface area contributed by atoms with Crippen molar-refractivity contribution >= 4 is 29.6 Å². The van der Waals surface area contributed by atoms with Gasteiger partial charge >= 0.3 is 12.2 Å². The van der Waals surface area contributed by atoms with Crippen molar-refractivity contribution in [3.05, 3.63) is 42.3 Å². The highest BCUT2D eigenvalue weighted by molar-refractivity contribution is 5.90. The predicted octanol–water partition coefficient (Wildman–Crippen LogP) is 2.48. The van der Waals surface area contributed by atoms with E-state index in [1.165, 1.54) is 29.9 Å². The van der Waals surface area contributed by atoms with Gasteiger partial charge in [-0.1, -0.05) is 0 Å². The summed E-state index contributed by atoms with van der Waals surface area (Å²) in [5.74, 6) is 0.0579. The van der Waals surface area contributed by atoms with Crippen LogP contribution in [0.3, 0.4) is 0 Å². The number of carbonyl (C=O) groups excluding carboxylic acids is 3. The number of aromatic nitrogens is 1. The van der Waals surface area contributed by atoms with Crippen LogP contribution in [0.15, 0.2) is 36.5 Å². The summed E-state index contributed by atoms with van der Waals surface area (Å²) in [6, 6.07) is 8.32. The Morgan fingerprint density at radius 1 is 1.22 bits per heavy atom. The second-order valence-electron chi connectivity index (χ2n) is 8.67. The Balaban J connectivity index is 1.38. The Bertz CT molecular complexity index is 1120. The summed E-state index contributed by atoms with van der Waals surface area (Å²) < 4.78 is 24.8. The number of cyclic esters (lactones) is 1. The molecule has 0 saturated carbocycles. The van der Waals surface area contributed by atoms with Crippen molar-refractivity contribution in [1.29, 1.82) is 0 Å². The molecule has 3 amide bonds.